The monoisotopic (exact) mass is 220 g/mol. The fraction of sp³-hybridized carbons (Fsp3) is 0.571. The Bertz CT molecular complexity index is 48.9. The van der Waals surface area contributed by atoms with Crippen LogP contribution in [0.4, 0.5) is 0 Å². The Kier molecular flexibility index (Phi) is 75.4. The Morgan fingerprint density at radius 3 is 1.30 bits per heavy atom. The van der Waals surface area contributed by atoms with Gasteiger partial charge < -0.3 is 19.2 Å². The van der Waals surface area contributed by atoms with Crippen molar-refractivity contribution in [3.63, 3.8) is 0 Å². The Balaban J connectivity index is -0.0000000315. The molecule has 3 heteroatoms. The van der Waals surface area contributed by atoms with Crippen molar-refractivity contribution in [3.05, 3.63) is 13.8 Å². The van der Waals surface area contributed by atoms with Crippen molar-refractivity contribution in [2.24, 2.45) is 0 Å². The Labute approximate surface area is 90.0 Å². The van der Waals surface area contributed by atoms with Crippen LogP contribution in [0.15, 0.2) is 0 Å². The molecule has 2 nitrogen and oxygen atoms in total. The molecule has 0 heterocycles. The third-order valence-electron chi connectivity index (χ3n) is 0.352. The molecule has 0 spiro atoms. The summed E-state index contributed by atoms with van der Waals surface area (Å²) >= 11 is 0. The number of rotatable bonds is 0. The van der Waals surface area contributed by atoms with Gasteiger partial charge in [-0.1, -0.05) is 0 Å². The molecule has 0 aromatic heterocycles. The normalized spacial score (nSPS) is 4.60. The molecule has 0 saturated carbocycles. The average molecular weight is 220 g/mol. The number of hydrogen-bond donors (Lipinski definition) is 1. The molecule has 1 radical (unpaired) electrons. The SMILES string of the molecule is CNC(C)=O.[CH2-]C.[CH2-]C.[Y]. The van der Waals surface area contributed by atoms with Crippen LogP contribution in [0.3, 0.4) is 0 Å². The van der Waals surface area contributed by atoms with E-state index in [0.717, 1.165) is 0 Å². The number of carbonyl (C=O) groups is 1. The maximum Gasteiger partial charge on any atom is 0.216 e. The number of carbonyl (C=O) groups excluding carboxylic acids is 1. The van der Waals surface area contributed by atoms with Gasteiger partial charge in [0.25, 0.3) is 0 Å². The molecule has 1 N–H and O–H groups in total. The minimum atomic E-state index is 0. The first kappa shape index (κ1) is 22.4. The van der Waals surface area contributed by atoms with Crippen molar-refractivity contribution >= 4 is 5.91 Å². The summed E-state index contributed by atoms with van der Waals surface area (Å²) in [6, 6.07) is 0. The number of hydrogen-bond acceptors (Lipinski definition) is 1. The van der Waals surface area contributed by atoms with E-state index in [1.165, 1.54) is 6.92 Å². The third kappa shape index (κ3) is 74.2. The van der Waals surface area contributed by atoms with Crippen LogP contribution in [-0.4, -0.2) is 13.0 Å². The second-order valence-corrected chi connectivity index (χ2v) is 0.806. The van der Waals surface area contributed by atoms with Gasteiger partial charge in [-0.25, -0.2) is 0 Å². The van der Waals surface area contributed by atoms with Crippen molar-refractivity contribution < 1.29 is 37.5 Å². The molecule has 0 fully saturated rings. The standard InChI is InChI=1S/C3H7NO.2C2H5.Y/c1-3(5)4-2;2*1-2;/h1-2H3,(H,4,5);2*1H2,2H3;/q;2*-1;. The van der Waals surface area contributed by atoms with Crippen LogP contribution in [-0.2, 0) is 37.5 Å². The van der Waals surface area contributed by atoms with Crippen LogP contribution in [0.25, 0.3) is 0 Å². The van der Waals surface area contributed by atoms with Gasteiger partial charge in [0, 0.05) is 46.7 Å². The van der Waals surface area contributed by atoms with Gasteiger partial charge in [-0.3, -0.25) is 4.79 Å². The maximum absolute atomic E-state index is 9.70. The molecular weight excluding hydrogens is 203 g/mol. The summed E-state index contributed by atoms with van der Waals surface area (Å²) < 4.78 is 0. The van der Waals surface area contributed by atoms with Gasteiger partial charge in [0.15, 0.2) is 0 Å². The van der Waals surface area contributed by atoms with Gasteiger partial charge in [0.05, 0.1) is 0 Å². The van der Waals surface area contributed by atoms with E-state index in [1.807, 2.05) is 0 Å². The van der Waals surface area contributed by atoms with Gasteiger partial charge in [-0.2, -0.15) is 13.8 Å². The van der Waals surface area contributed by atoms with Gasteiger partial charge in [0.1, 0.15) is 0 Å². The van der Waals surface area contributed by atoms with Gasteiger partial charge in [-0.15, -0.1) is 0 Å². The first-order chi connectivity index (χ1) is 4.27. The zero-order valence-corrected chi connectivity index (χ0v) is 10.2. The minimum absolute atomic E-state index is 0. The van der Waals surface area contributed by atoms with E-state index in [9.17, 15) is 4.79 Å². The largest absolute Gasteiger partial charge is 0.359 e. The van der Waals surface area contributed by atoms with Crippen molar-refractivity contribution in [2.45, 2.75) is 20.8 Å². The van der Waals surface area contributed by atoms with Crippen LogP contribution in [0, 0.1) is 13.8 Å². The van der Waals surface area contributed by atoms with Crippen LogP contribution in [0.5, 0.6) is 0 Å². The van der Waals surface area contributed by atoms with Crippen LogP contribution in [0.2, 0.25) is 0 Å². The van der Waals surface area contributed by atoms with Crippen LogP contribution >= 0.6 is 0 Å². The first-order valence-electron chi connectivity index (χ1n) is 2.87. The molecule has 0 aromatic carbocycles. The topological polar surface area (TPSA) is 29.1 Å². The smallest absolute Gasteiger partial charge is 0.216 e. The van der Waals surface area contributed by atoms with Crippen molar-refractivity contribution in [2.75, 3.05) is 7.05 Å². The third-order valence-corrected chi connectivity index (χ3v) is 0.352. The summed E-state index contributed by atoms with van der Waals surface area (Å²) in [7, 11) is 1.60. The molecule has 1 amide bonds. The second-order valence-electron chi connectivity index (χ2n) is 0.806. The van der Waals surface area contributed by atoms with E-state index < -0.39 is 0 Å². The van der Waals surface area contributed by atoms with E-state index in [1.54, 1.807) is 20.9 Å². The summed E-state index contributed by atoms with van der Waals surface area (Å²) in [4.78, 5) is 9.70. The zero-order chi connectivity index (χ0) is 8.28. The van der Waals surface area contributed by atoms with Crippen molar-refractivity contribution in [1.29, 1.82) is 0 Å². The second kappa shape index (κ2) is 33.6. The molecule has 10 heavy (non-hydrogen) atoms. The average Bonchev–Trinajstić information content (AvgIpc) is 1.97. The van der Waals surface area contributed by atoms with Crippen LogP contribution < -0.4 is 5.32 Å². The predicted molar refractivity (Wildman–Crippen MR) is 41.8 cm³/mol. The van der Waals surface area contributed by atoms with Crippen molar-refractivity contribution in [1.82, 2.24) is 5.32 Å². The summed E-state index contributed by atoms with van der Waals surface area (Å²) in [6.45, 7) is 11.5. The predicted octanol–water partition coefficient (Wildman–Crippen LogP) is 1.43. The molecule has 61 valence electrons. The summed E-state index contributed by atoms with van der Waals surface area (Å²) in [6.07, 6.45) is 0. The summed E-state index contributed by atoms with van der Waals surface area (Å²) in [5.74, 6) is 0.00463. The molecule has 0 aromatic rings. The van der Waals surface area contributed by atoms with Crippen LogP contribution in [0.1, 0.15) is 20.8 Å². The van der Waals surface area contributed by atoms with Crippen molar-refractivity contribution in [3.8, 4) is 0 Å². The molecule has 0 rings (SSSR count). The van der Waals surface area contributed by atoms with Gasteiger partial charge >= 0.3 is 0 Å². The Morgan fingerprint density at radius 2 is 1.30 bits per heavy atom. The quantitative estimate of drug-likeness (QED) is 0.615. The van der Waals surface area contributed by atoms with E-state index in [2.05, 4.69) is 19.2 Å². The summed E-state index contributed by atoms with van der Waals surface area (Å²) in [5.41, 5.74) is 0. The van der Waals surface area contributed by atoms with Gasteiger partial charge in [-0.05, 0) is 0 Å². The van der Waals surface area contributed by atoms with E-state index >= 15 is 0 Å². The molecule has 0 aliphatic carbocycles. The molecule has 0 aliphatic heterocycles. The molecule has 0 saturated heterocycles. The number of amides is 1. The molecule has 0 unspecified atom stereocenters. The fourth-order valence-corrected chi connectivity index (χ4v) is 0. The Hall–Kier alpha value is 0.574. The zero-order valence-electron chi connectivity index (χ0n) is 7.40. The van der Waals surface area contributed by atoms with E-state index in [-0.39, 0.29) is 38.6 Å². The van der Waals surface area contributed by atoms with E-state index in [4.69, 9.17) is 0 Å². The van der Waals surface area contributed by atoms with Gasteiger partial charge in [0.2, 0.25) is 5.91 Å². The molecule has 0 atom stereocenters. The first-order valence-corrected chi connectivity index (χ1v) is 2.87. The summed E-state index contributed by atoms with van der Waals surface area (Å²) in [5, 5.41) is 2.39. The maximum atomic E-state index is 9.70. The minimum Gasteiger partial charge on any atom is -0.359 e. The molecule has 0 aliphatic rings. The number of nitrogens with one attached hydrogen (secondary N) is 1. The molecule has 0 bridgehead atoms. The Morgan fingerprint density at radius 1 is 1.20 bits per heavy atom. The fourth-order valence-electron chi connectivity index (χ4n) is 0. The molecular formula is C7H17NOY-2. The van der Waals surface area contributed by atoms with E-state index in [0.29, 0.717) is 0 Å².